The average molecular weight is 553 g/mol. The Morgan fingerprint density at radius 1 is 1.05 bits per heavy atom. The van der Waals surface area contributed by atoms with E-state index in [2.05, 4.69) is 16.7 Å². The first-order valence-electron chi connectivity index (χ1n) is 12.9. The number of hydrogen-bond donors (Lipinski definition) is 2. The predicted octanol–water partition coefficient (Wildman–Crippen LogP) is 5.60. The van der Waals surface area contributed by atoms with Gasteiger partial charge in [0.15, 0.2) is 0 Å². The summed E-state index contributed by atoms with van der Waals surface area (Å²) in [5, 5.41) is 15.5. The van der Waals surface area contributed by atoms with E-state index in [0.717, 1.165) is 22.3 Å². The fraction of sp³-hybridized carbons (Fsp3) is 0.467. The van der Waals surface area contributed by atoms with Crippen LogP contribution in [0, 0.1) is 39.0 Å². The molecule has 2 N–H and O–H groups in total. The third-order valence-electron chi connectivity index (χ3n) is 6.14. The topological polar surface area (TPSA) is 112 Å². The highest BCUT2D eigenvalue weighted by molar-refractivity contribution is 7.98. The van der Waals surface area contributed by atoms with Gasteiger partial charge in [0.1, 0.15) is 24.2 Å². The molecule has 0 aliphatic heterocycles. The first-order valence-corrected chi connectivity index (χ1v) is 14.3. The van der Waals surface area contributed by atoms with Gasteiger partial charge < -0.3 is 20.3 Å². The van der Waals surface area contributed by atoms with Gasteiger partial charge in [-0.15, -0.1) is 0 Å². The normalized spacial score (nSPS) is 12.6. The smallest absolute Gasteiger partial charge is 0.408 e. The largest absolute Gasteiger partial charge is 0.444 e. The van der Waals surface area contributed by atoms with Crippen LogP contribution < -0.4 is 10.6 Å². The molecule has 0 aliphatic carbocycles. The van der Waals surface area contributed by atoms with Gasteiger partial charge in [-0.3, -0.25) is 9.59 Å². The van der Waals surface area contributed by atoms with E-state index in [1.165, 1.54) is 16.7 Å². The van der Waals surface area contributed by atoms with Crippen LogP contribution in [0.25, 0.3) is 0 Å². The third-order valence-corrected chi connectivity index (χ3v) is 6.79. The minimum absolute atomic E-state index is 0.305. The number of para-hydroxylation sites is 1. The molecule has 2 aromatic rings. The second kappa shape index (κ2) is 14.0. The lowest BCUT2D eigenvalue weighted by atomic mass is 9.95. The molecule has 0 saturated carbocycles. The number of aryl methyl sites for hydroxylation is 4. The summed E-state index contributed by atoms with van der Waals surface area (Å²) in [5.74, 6) is -0.389. The van der Waals surface area contributed by atoms with Crippen LogP contribution in [0.1, 0.15) is 61.1 Å². The van der Waals surface area contributed by atoms with Crippen LogP contribution in [0.4, 0.5) is 10.5 Å². The highest BCUT2D eigenvalue weighted by atomic mass is 32.2. The molecule has 0 radical (unpaired) electrons. The number of anilines is 1. The molecule has 0 spiro atoms. The number of carbonyl (C=O) groups is 3. The lowest BCUT2D eigenvalue weighted by Gasteiger charge is -2.34. The molecule has 0 heterocycles. The van der Waals surface area contributed by atoms with Crippen molar-refractivity contribution in [3.63, 3.8) is 0 Å². The number of benzene rings is 2. The second-order valence-electron chi connectivity index (χ2n) is 10.6. The van der Waals surface area contributed by atoms with Gasteiger partial charge >= 0.3 is 6.09 Å². The maximum absolute atomic E-state index is 14.1. The zero-order valence-electron chi connectivity index (χ0n) is 24.2. The summed E-state index contributed by atoms with van der Waals surface area (Å²) in [6.45, 7) is 12.4. The quantitative estimate of drug-likeness (QED) is 0.371. The van der Waals surface area contributed by atoms with Crippen molar-refractivity contribution in [3.8, 4) is 6.07 Å². The van der Waals surface area contributed by atoms with Crippen LogP contribution in [0.15, 0.2) is 36.4 Å². The van der Waals surface area contributed by atoms with Crippen molar-refractivity contribution < 1.29 is 19.1 Å². The molecular formula is C30H40N4O4S. The molecule has 0 saturated heterocycles. The van der Waals surface area contributed by atoms with Gasteiger partial charge in [0.05, 0.1) is 6.07 Å². The number of nitrogens with one attached hydrogen (secondary N) is 2. The van der Waals surface area contributed by atoms with Gasteiger partial charge in [-0.1, -0.05) is 42.0 Å². The van der Waals surface area contributed by atoms with E-state index in [1.807, 2.05) is 70.3 Å². The van der Waals surface area contributed by atoms with Crippen LogP contribution in [-0.2, 0) is 14.3 Å². The number of rotatable bonds is 10. The Morgan fingerprint density at radius 3 is 2.26 bits per heavy atom. The summed E-state index contributed by atoms with van der Waals surface area (Å²) in [6.07, 6.45) is 1.47. The molecule has 2 aromatic carbocycles. The molecule has 3 amide bonds. The molecule has 9 heteroatoms. The van der Waals surface area contributed by atoms with E-state index in [4.69, 9.17) is 4.74 Å². The van der Waals surface area contributed by atoms with E-state index < -0.39 is 35.6 Å². The lowest BCUT2D eigenvalue weighted by molar-refractivity contribution is -0.140. The number of alkyl carbamates (subject to hydrolysis) is 1. The third kappa shape index (κ3) is 9.03. The maximum atomic E-state index is 14.1. The van der Waals surface area contributed by atoms with E-state index in [9.17, 15) is 19.6 Å². The zero-order valence-corrected chi connectivity index (χ0v) is 25.0. The molecular weight excluding hydrogens is 512 g/mol. The number of amides is 3. The monoisotopic (exact) mass is 552 g/mol. The summed E-state index contributed by atoms with van der Waals surface area (Å²) in [6, 6.07) is 11.4. The molecule has 2 unspecified atom stereocenters. The molecule has 8 nitrogen and oxygen atoms in total. The molecule has 39 heavy (non-hydrogen) atoms. The van der Waals surface area contributed by atoms with E-state index >= 15 is 0 Å². The highest BCUT2D eigenvalue weighted by Gasteiger charge is 2.37. The van der Waals surface area contributed by atoms with Crippen LogP contribution in [0.3, 0.4) is 0 Å². The number of nitrogens with zero attached hydrogens (tertiary/aromatic N) is 2. The van der Waals surface area contributed by atoms with Crippen LogP contribution in [0.5, 0.6) is 0 Å². The predicted molar refractivity (Wildman–Crippen MR) is 157 cm³/mol. The van der Waals surface area contributed by atoms with Crippen molar-refractivity contribution in [2.75, 3.05) is 23.9 Å². The summed E-state index contributed by atoms with van der Waals surface area (Å²) in [5.41, 5.74) is 4.00. The van der Waals surface area contributed by atoms with Crippen LogP contribution in [-0.4, -0.2) is 53.0 Å². The van der Waals surface area contributed by atoms with Crippen molar-refractivity contribution >= 4 is 35.4 Å². The summed E-state index contributed by atoms with van der Waals surface area (Å²) in [4.78, 5) is 42.0. The molecule has 2 rings (SSSR count). The molecule has 2 atom stereocenters. The number of carbonyl (C=O) groups excluding carboxylic acids is 3. The van der Waals surface area contributed by atoms with Gasteiger partial charge in [0.2, 0.25) is 5.91 Å². The number of hydrogen-bond acceptors (Lipinski definition) is 6. The van der Waals surface area contributed by atoms with Gasteiger partial charge in [0, 0.05) is 5.69 Å². The Labute approximate surface area is 236 Å². The standard InChI is InChI=1S/C30H40N4O4S/c1-19-12-13-20(2)23(18-19)26(27(35)33-25-21(3)10-9-11-22(25)4)34(16-15-31)28(36)24(14-17-39-8)32-29(37)38-30(5,6)7/h9-13,18,24,26H,14,16-17H2,1-8H3,(H,32,37)(H,33,35). The zero-order chi connectivity index (χ0) is 29.3. The lowest BCUT2D eigenvalue weighted by Crippen LogP contribution is -2.52. The van der Waals surface area contributed by atoms with Gasteiger partial charge in [-0.25, -0.2) is 4.79 Å². The van der Waals surface area contributed by atoms with E-state index in [1.54, 1.807) is 20.8 Å². The van der Waals surface area contributed by atoms with Gasteiger partial charge in [0.25, 0.3) is 5.91 Å². The van der Waals surface area contributed by atoms with Crippen molar-refractivity contribution in [3.05, 3.63) is 64.2 Å². The van der Waals surface area contributed by atoms with Gasteiger partial charge in [-0.05, 0) is 89.1 Å². The second-order valence-corrected chi connectivity index (χ2v) is 11.6. The number of ether oxygens (including phenoxy) is 1. The molecule has 210 valence electrons. The first kappa shape index (κ1) is 31.7. The Hall–Kier alpha value is -3.51. The molecule has 0 aromatic heterocycles. The fourth-order valence-corrected chi connectivity index (χ4v) is 4.70. The first-order chi connectivity index (χ1) is 18.3. The maximum Gasteiger partial charge on any atom is 0.408 e. The van der Waals surface area contributed by atoms with E-state index in [0.29, 0.717) is 23.4 Å². The number of nitriles is 1. The van der Waals surface area contributed by atoms with Crippen molar-refractivity contribution in [1.29, 1.82) is 5.26 Å². The Bertz CT molecular complexity index is 1210. The summed E-state index contributed by atoms with van der Waals surface area (Å²) < 4.78 is 5.40. The SMILES string of the molecule is CSCCC(NC(=O)OC(C)(C)C)C(=O)N(CC#N)C(C(=O)Nc1c(C)cccc1C)c1cc(C)ccc1C. The summed E-state index contributed by atoms with van der Waals surface area (Å²) in [7, 11) is 0. The minimum Gasteiger partial charge on any atom is -0.444 e. The fourth-order valence-electron chi connectivity index (χ4n) is 4.22. The van der Waals surface area contributed by atoms with Crippen LogP contribution >= 0.6 is 11.8 Å². The average Bonchev–Trinajstić information content (AvgIpc) is 2.84. The number of thioether (sulfide) groups is 1. The minimum atomic E-state index is -1.10. The Morgan fingerprint density at radius 2 is 1.69 bits per heavy atom. The molecule has 0 fully saturated rings. The van der Waals surface area contributed by atoms with Gasteiger partial charge in [-0.2, -0.15) is 17.0 Å². The van der Waals surface area contributed by atoms with Crippen molar-refractivity contribution in [1.82, 2.24) is 10.2 Å². The van der Waals surface area contributed by atoms with E-state index in [-0.39, 0.29) is 6.54 Å². The molecule has 0 aliphatic rings. The van der Waals surface area contributed by atoms with Crippen molar-refractivity contribution in [2.45, 2.75) is 72.6 Å². The Kier molecular flexibility index (Phi) is 11.4. The van der Waals surface area contributed by atoms with Crippen molar-refractivity contribution in [2.24, 2.45) is 0 Å². The summed E-state index contributed by atoms with van der Waals surface area (Å²) >= 11 is 1.53. The highest BCUT2D eigenvalue weighted by Crippen LogP contribution is 2.29. The Balaban J connectivity index is 2.59. The molecule has 0 bridgehead atoms. The van der Waals surface area contributed by atoms with Crippen LogP contribution in [0.2, 0.25) is 0 Å².